The number of nitrogens with zero attached hydrogens (tertiary/aromatic N) is 1. The number of hydrogen-bond acceptors (Lipinski definition) is 2. The van der Waals surface area contributed by atoms with E-state index in [0.717, 1.165) is 5.56 Å². The number of aryl methyl sites for hydroxylation is 3. The van der Waals surface area contributed by atoms with Gasteiger partial charge in [-0.1, -0.05) is 25.1 Å². The van der Waals surface area contributed by atoms with Gasteiger partial charge in [-0.05, 0) is 31.9 Å². The van der Waals surface area contributed by atoms with Crippen molar-refractivity contribution in [1.29, 1.82) is 0 Å². The minimum Gasteiger partial charge on any atom is -0.458 e. The smallest absolute Gasteiger partial charge is 0.458 e. The maximum Gasteiger partial charge on any atom is 1.00 e. The van der Waals surface area contributed by atoms with Crippen molar-refractivity contribution < 1.29 is 38.0 Å². The van der Waals surface area contributed by atoms with Crippen LogP contribution < -0.4 is 29.6 Å². The van der Waals surface area contributed by atoms with Crippen LogP contribution in [0, 0.1) is 20.8 Å². The van der Waals surface area contributed by atoms with E-state index < -0.39 is 10.0 Å². The maximum atomic E-state index is 11.5. The molecule has 6 heteroatoms. The van der Waals surface area contributed by atoms with Gasteiger partial charge in [0.2, 0.25) is 0 Å². The van der Waals surface area contributed by atoms with Gasteiger partial charge in [-0.25, -0.2) is 8.42 Å². The van der Waals surface area contributed by atoms with E-state index in [1.807, 2.05) is 6.92 Å². The van der Waals surface area contributed by atoms with Gasteiger partial charge in [0.15, 0.2) is 0 Å². The summed E-state index contributed by atoms with van der Waals surface area (Å²) in [5.74, 6) is 0. The molecule has 0 saturated heterocycles. The molecule has 1 aromatic rings. The summed E-state index contributed by atoms with van der Waals surface area (Å²) >= 11 is 5.05. The van der Waals surface area contributed by atoms with Gasteiger partial charge in [0.25, 0.3) is 0 Å². The monoisotopic (exact) mass is 271 g/mol. The van der Waals surface area contributed by atoms with E-state index in [9.17, 15) is 8.42 Å². The second-order valence-electron chi connectivity index (χ2n) is 3.27. The molecular weight excluding hydrogens is 257 g/mol. The van der Waals surface area contributed by atoms with Crippen LogP contribution in [-0.2, 0) is 10.0 Å². The Hall–Kier alpha value is 0.420. The van der Waals surface area contributed by atoms with Gasteiger partial charge in [0, 0.05) is 0 Å². The normalized spacial score (nSPS) is 10.2. The molecule has 1 rings (SSSR count). The van der Waals surface area contributed by atoms with Crippen molar-refractivity contribution in [3.05, 3.63) is 33.1 Å². The second kappa shape index (κ2) is 6.99. The van der Waals surface area contributed by atoms with E-state index in [4.69, 9.17) is 11.8 Å². The molecule has 0 aliphatic rings. The molecule has 0 amide bonds. The third kappa shape index (κ3) is 4.02. The van der Waals surface area contributed by atoms with Crippen molar-refractivity contribution in [1.82, 2.24) is 0 Å². The molecule has 0 saturated carbocycles. The zero-order valence-electron chi connectivity index (χ0n) is 9.20. The Kier molecular flexibility index (Phi) is 8.20. The molecule has 0 bridgehead atoms. The third-order valence-electron chi connectivity index (χ3n) is 1.95. The van der Waals surface area contributed by atoms with E-state index >= 15 is 0 Å². The minimum atomic E-state index is -3.69. The molecule has 0 heterocycles. The first-order valence-electron chi connectivity index (χ1n) is 4.04. The number of benzene rings is 1. The van der Waals surface area contributed by atoms with Gasteiger partial charge in [0.05, 0.1) is 4.90 Å². The Morgan fingerprint density at radius 1 is 1.12 bits per heavy atom. The van der Waals surface area contributed by atoms with Crippen molar-refractivity contribution in [2.24, 2.45) is 0 Å². The number of rotatable bonds is 2. The van der Waals surface area contributed by atoms with E-state index in [1.54, 1.807) is 26.0 Å². The number of halogens is 1. The Balaban J connectivity index is 0. The topological polar surface area (TPSA) is 48.2 Å². The molecule has 16 heavy (non-hydrogen) atoms. The Morgan fingerprint density at radius 2 is 1.50 bits per heavy atom. The molecule has 3 nitrogen and oxygen atoms in total. The first-order valence-corrected chi connectivity index (χ1v) is 5.82. The fourth-order valence-corrected chi connectivity index (χ4v) is 2.82. The fourth-order valence-electron chi connectivity index (χ4n) is 1.61. The van der Waals surface area contributed by atoms with Crippen molar-refractivity contribution in [2.45, 2.75) is 33.1 Å². The summed E-state index contributed by atoms with van der Waals surface area (Å²) in [6, 6.07) is 3.59. The van der Waals surface area contributed by atoms with Crippen molar-refractivity contribution >= 4 is 21.8 Å². The van der Waals surface area contributed by atoms with Crippen LogP contribution in [0.15, 0.2) is 17.0 Å². The summed E-state index contributed by atoms with van der Waals surface area (Å²) < 4.78 is 25.8. The predicted molar refractivity (Wildman–Crippen MR) is 63.8 cm³/mol. The quantitative estimate of drug-likeness (QED) is 0.734. The second-order valence-corrected chi connectivity index (χ2v) is 5.18. The largest absolute Gasteiger partial charge is 1.00 e. The van der Waals surface area contributed by atoms with Gasteiger partial charge in [-0.3, -0.25) is 11.8 Å². The molecule has 0 atom stereocenters. The van der Waals surface area contributed by atoms with Crippen LogP contribution in [0.1, 0.15) is 24.1 Å². The van der Waals surface area contributed by atoms with Crippen molar-refractivity contribution in [3.8, 4) is 0 Å². The fraction of sp³-hybridized carbons (Fsp3) is 0.400. The van der Waals surface area contributed by atoms with Gasteiger partial charge >= 0.3 is 29.6 Å². The van der Waals surface area contributed by atoms with Crippen molar-refractivity contribution in [2.75, 3.05) is 0 Å². The molecule has 0 spiro atoms. The molecule has 0 aliphatic carbocycles. The van der Waals surface area contributed by atoms with Crippen molar-refractivity contribution in [3.63, 3.8) is 0 Å². The molecule has 0 unspecified atom stereocenters. The van der Waals surface area contributed by atoms with Gasteiger partial charge in [-0.2, -0.15) is 0 Å². The minimum absolute atomic E-state index is 0. The third-order valence-corrected chi connectivity index (χ3v) is 3.84. The Labute approximate surface area is 125 Å². The van der Waals surface area contributed by atoms with E-state index in [2.05, 4.69) is 4.24 Å². The van der Waals surface area contributed by atoms with Crippen LogP contribution in [0.2, 0.25) is 0 Å². The standard InChI is InChI=1S/C9H11ClNO2S.CH4.Na/c1-6-4-7(2)9(8(3)5-6)14(12,13)11-10;;/h4-5H,1-3H3;1H4;/q-1;;+1. The molecule has 0 radical (unpaired) electrons. The molecule has 0 aliphatic heterocycles. The average Bonchev–Trinajstić information content (AvgIpc) is 2.01. The summed E-state index contributed by atoms with van der Waals surface area (Å²) in [5.41, 5.74) is 2.37. The maximum absolute atomic E-state index is 11.5. The van der Waals surface area contributed by atoms with Crippen LogP contribution >= 0.6 is 11.8 Å². The molecule has 1 aromatic carbocycles. The summed E-state index contributed by atoms with van der Waals surface area (Å²) in [5, 5.41) is 0. The SMILES string of the molecule is C.Cc1cc(C)c(S(=O)(=O)[N-]Cl)c(C)c1.[Na+]. The van der Waals surface area contributed by atoms with Gasteiger partial charge < -0.3 is 4.24 Å². The molecule has 0 fully saturated rings. The summed E-state index contributed by atoms with van der Waals surface area (Å²) in [4.78, 5) is 0.207. The molecule has 0 N–H and O–H groups in total. The van der Waals surface area contributed by atoms with Crippen LogP contribution in [-0.4, -0.2) is 8.42 Å². The van der Waals surface area contributed by atoms with Crippen LogP contribution in [0.5, 0.6) is 0 Å². The summed E-state index contributed by atoms with van der Waals surface area (Å²) in [6.07, 6.45) is 0. The van der Waals surface area contributed by atoms with Crippen LogP contribution in [0.3, 0.4) is 0 Å². The van der Waals surface area contributed by atoms with Gasteiger partial charge in [0.1, 0.15) is 10.0 Å². The molecular formula is C10H15ClNNaO2S. The zero-order valence-corrected chi connectivity index (χ0v) is 12.8. The molecule has 86 valence electrons. The van der Waals surface area contributed by atoms with E-state index in [0.29, 0.717) is 11.1 Å². The predicted octanol–water partition coefficient (Wildman–Crippen LogP) is 0.468. The van der Waals surface area contributed by atoms with Crippen LogP contribution in [0.4, 0.5) is 0 Å². The Morgan fingerprint density at radius 3 is 1.81 bits per heavy atom. The first-order chi connectivity index (χ1) is 6.38. The zero-order chi connectivity index (χ0) is 10.9. The first kappa shape index (κ1) is 18.8. The number of hydrogen-bond donors (Lipinski definition) is 0. The Bertz CT molecular complexity index is 437. The molecule has 0 aromatic heterocycles. The number of sulfonamides is 1. The van der Waals surface area contributed by atoms with E-state index in [-0.39, 0.29) is 41.9 Å². The summed E-state index contributed by atoms with van der Waals surface area (Å²) in [6.45, 7) is 5.37. The summed E-state index contributed by atoms with van der Waals surface area (Å²) in [7, 11) is -3.69. The van der Waals surface area contributed by atoms with Crippen LogP contribution in [0.25, 0.3) is 4.24 Å². The van der Waals surface area contributed by atoms with Gasteiger partial charge in [-0.15, -0.1) is 0 Å². The van der Waals surface area contributed by atoms with E-state index in [1.165, 1.54) is 0 Å². The average molecular weight is 272 g/mol.